The van der Waals surface area contributed by atoms with Crippen molar-refractivity contribution in [2.24, 2.45) is 0 Å². The molecule has 0 aliphatic rings. The molecule has 3 aromatic heterocycles. The summed E-state index contributed by atoms with van der Waals surface area (Å²) in [4.78, 5) is 4.24. The van der Waals surface area contributed by atoms with E-state index in [0.29, 0.717) is 11.5 Å². The van der Waals surface area contributed by atoms with Gasteiger partial charge in [-0.2, -0.15) is 5.10 Å². The van der Waals surface area contributed by atoms with Crippen molar-refractivity contribution in [1.29, 1.82) is 0 Å². The molecule has 0 radical (unpaired) electrons. The fraction of sp³-hybridized carbons (Fsp3) is 0.200. The summed E-state index contributed by atoms with van der Waals surface area (Å²) in [5.74, 6) is 0.667. The predicted octanol–water partition coefficient (Wildman–Crippen LogP) is 1.08. The minimum absolute atomic E-state index is 0.667. The maximum atomic E-state index is 4.24. The van der Waals surface area contributed by atoms with E-state index in [2.05, 4.69) is 25.6 Å². The van der Waals surface area contributed by atoms with Gasteiger partial charge in [-0.3, -0.25) is 9.08 Å². The third kappa shape index (κ3) is 1.71. The summed E-state index contributed by atoms with van der Waals surface area (Å²) in [6.07, 6.45) is 8.81. The molecule has 0 unspecified atom stereocenters. The molecule has 7 nitrogen and oxygen atoms in total. The van der Waals surface area contributed by atoms with Gasteiger partial charge in [-0.05, 0) is 6.92 Å². The first-order valence-electron chi connectivity index (χ1n) is 5.30. The summed E-state index contributed by atoms with van der Waals surface area (Å²) >= 11 is 0. The molecule has 0 bridgehead atoms. The van der Waals surface area contributed by atoms with Crippen molar-refractivity contribution in [3.63, 3.8) is 0 Å². The lowest BCUT2D eigenvalue weighted by Crippen LogP contribution is -1.97. The highest BCUT2D eigenvalue weighted by Crippen LogP contribution is 2.16. The second-order valence-electron chi connectivity index (χ2n) is 3.55. The van der Waals surface area contributed by atoms with E-state index in [1.54, 1.807) is 29.3 Å². The van der Waals surface area contributed by atoms with Crippen LogP contribution in [0.3, 0.4) is 0 Å². The van der Waals surface area contributed by atoms with Gasteiger partial charge >= 0.3 is 0 Å². The third-order valence-corrected chi connectivity index (χ3v) is 2.44. The van der Waals surface area contributed by atoms with Crippen LogP contribution in [0.2, 0.25) is 0 Å². The number of nitrogens with one attached hydrogen (secondary N) is 1. The van der Waals surface area contributed by atoms with E-state index < -0.39 is 0 Å². The van der Waals surface area contributed by atoms with E-state index in [4.69, 9.17) is 0 Å². The Morgan fingerprint density at radius 2 is 2.35 bits per heavy atom. The average molecular weight is 229 g/mol. The van der Waals surface area contributed by atoms with Gasteiger partial charge < -0.3 is 5.32 Å². The molecule has 0 spiro atoms. The molecular formula is C10H11N7. The van der Waals surface area contributed by atoms with E-state index in [1.165, 1.54) is 0 Å². The lowest BCUT2D eigenvalue weighted by molar-refractivity contribution is 0.660. The lowest BCUT2D eigenvalue weighted by Gasteiger charge is -2.02. The molecule has 0 aliphatic heterocycles. The molecule has 7 heteroatoms. The van der Waals surface area contributed by atoms with E-state index >= 15 is 0 Å². The van der Waals surface area contributed by atoms with Gasteiger partial charge in [0.1, 0.15) is 6.33 Å². The van der Waals surface area contributed by atoms with Crippen molar-refractivity contribution in [3.05, 3.63) is 31.1 Å². The van der Waals surface area contributed by atoms with Crippen molar-refractivity contribution in [2.75, 3.05) is 5.32 Å². The molecule has 3 aromatic rings. The quantitative estimate of drug-likeness (QED) is 0.727. The fourth-order valence-electron chi connectivity index (χ4n) is 1.58. The fourth-order valence-corrected chi connectivity index (χ4v) is 1.58. The number of aryl methyl sites for hydroxylation is 1. The zero-order valence-electron chi connectivity index (χ0n) is 9.28. The summed E-state index contributed by atoms with van der Waals surface area (Å²) in [6.45, 7) is 2.87. The molecule has 0 saturated heterocycles. The SMILES string of the molecule is CCn1cc(Nc2nccn3cnnc23)cn1. The van der Waals surface area contributed by atoms with Crippen molar-refractivity contribution >= 4 is 17.2 Å². The number of hydrogen-bond acceptors (Lipinski definition) is 5. The van der Waals surface area contributed by atoms with Crippen molar-refractivity contribution < 1.29 is 0 Å². The first-order valence-corrected chi connectivity index (χ1v) is 5.30. The van der Waals surface area contributed by atoms with E-state index in [1.807, 2.05) is 17.8 Å². The highest BCUT2D eigenvalue weighted by Gasteiger charge is 2.05. The smallest absolute Gasteiger partial charge is 0.203 e. The Morgan fingerprint density at radius 1 is 1.41 bits per heavy atom. The number of rotatable bonds is 3. The van der Waals surface area contributed by atoms with Crippen LogP contribution in [0.15, 0.2) is 31.1 Å². The van der Waals surface area contributed by atoms with Crippen LogP contribution >= 0.6 is 0 Å². The second-order valence-corrected chi connectivity index (χ2v) is 3.55. The van der Waals surface area contributed by atoms with Crippen molar-refractivity contribution in [2.45, 2.75) is 13.5 Å². The number of hydrogen-bond donors (Lipinski definition) is 1. The Bertz CT molecular complexity index is 639. The first-order chi connectivity index (χ1) is 8.36. The minimum Gasteiger partial charge on any atom is -0.334 e. The van der Waals surface area contributed by atoms with E-state index in [9.17, 15) is 0 Å². The Morgan fingerprint density at radius 3 is 3.18 bits per heavy atom. The van der Waals surface area contributed by atoms with Crippen LogP contribution in [0.4, 0.5) is 11.5 Å². The van der Waals surface area contributed by atoms with Gasteiger partial charge in [-0.25, -0.2) is 4.98 Å². The van der Waals surface area contributed by atoms with Gasteiger partial charge in [-0.15, -0.1) is 10.2 Å². The zero-order valence-corrected chi connectivity index (χ0v) is 9.28. The molecule has 0 saturated carbocycles. The molecule has 3 heterocycles. The molecule has 0 fully saturated rings. The molecule has 86 valence electrons. The monoisotopic (exact) mass is 229 g/mol. The summed E-state index contributed by atoms with van der Waals surface area (Å²) in [6, 6.07) is 0. The number of anilines is 2. The largest absolute Gasteiger partial charge is 0.334 e. The van der Waals surface area contributed by atoms with Gasteiger partial charge in [0.15, 0.2) is 5.82 Å². The van der Waals surface area contributed by atoms with Crippen LogP contribution in [0, 0.1) is 0 Å². The third-order valence-electron chi connectivity index (χ3n) is 2.44. The van der Waals surface area contributed by atoms with Gasteiger partial charge in [0.05, 0.1) is 11.9 Å². The van der Waals surface area contributed by atoms with Crippen LogP contribution in [-0.2, 0) is 6.54 Å². The van der Waals surface area contributed by atoms with Crippen LogP contribution < -0.4 is 5.32 Å². The van der Waals surface area contributed by atoms with Crippen LogP contribution in [-0.4, -0.2) is 29.4 Å². The Hall–Kier alpha value is -2.44. The molecular weight excluding hydrogens is 218 g/mol. The average Bonchev–Trinajstić information content (AvgIpc) is 2.97. The molecule has 0 atom stereocenters. The molecule has 0 aromatic carbocycles. The minimum atomic E-state index is 0.667. The van der Waals surface area contributed by atoms with Gasteiger partial charge in [0, 0.05) is 25.1 Å². The van der Waals surface area contributed by atoms with Crippen LogP contribution in [0.25, 0.3) is 5.65 Å². The number of nitrogens with zero attached hydrogens (tertiary/aromatic N) is 6. The van der Waals surface area contributed by atoms with Crippen LogP contribution in [0.5, 0.6) is 0 Å². The molecule has 3 rings (SSSR count). The van der Waals surface area contributed by atoms with Crippen molar-refractivity contribution in [1.82, 2.24) is 29.4 Å². The summed E-state index contributed by atoms with van der Waals surface area (Å²) in [7, 11) is 0. The number of aromatic nitrogens is 6. The molecule has 0 amide bonds. The second kappa shape index (κ2) is 3.85. The van der Waals surface area contributed by atoms with Gasteiger partial charge in [0.25, 0.3) is 0 Å². The first kappa shape index (κ1) is 9.76. The van der Waals surface area contributed by atoms with Crippen molar-refractivity contribution in [3.8, 4) is 0 Å². The van der Waals surface area contributed by atoms with Gasteiger partial charge in [0.2, 0.25) is 5.65 Å². The Kier molecular flexibility index (Phi) is 2.21. The number of fused-ring (bicyclic) bond motifs is 1. The summed E-state index contributed by atoms with van der Waals surface area (Å²) < 4.78 is 3.64. The Balaban J connectivity index is 1.96. The standard InChI is InChI=1S/C10H11N7/c1-2-17-6-8(5-13-17)14-9-10-15-12-7-16(10)4-3-11-9/h3-7H,2H2,1H3,(H,11,14). The molecule has 0 aliphatic carbocycles. The highest BCUT2D eigenvalue weighted by molar-refractivity contribution is 5.68. The molecule has 1 N–H and O–H groups in total. The molecule has 17 heavy (non-hydrogen) atoms. The highest BCUT2D eigenvalue weighted by atomic mass is 15.3. The van der Waals surface area contributed by atoms with E-state index in [0.717, 1.165) is 12.2 Å². The normalized spacial score (nSPS) is 10.9. The topological polar surface area (TPSA) is 72.9 Å². The maximum Gasteiger partial charge on any atom is 0.203 e. The van der Waals surface area contributed by atoms with Crippen LogP contribution in [0.1, 0.15) is 6.92 Å². The maximum absolute atomic E-state index is 4.24. The van der Waals surface area contributed by atoms with E-state index in [-0.39, 0.29) is 0 Å². The zero-order chi connectivity index (χ0) is 11.7. The Labute approximate surface area is 97.1 Å². The summed E-state index contributed by atoms with van der Waals surface area (Å²) in [5.41, 5.74) is 1.58. The lowest BCUT2D eigenvalue weighted by atomic mass is 10.5. The predicted molar refractivity (Wildman–Crippen MR) is 62.0 cm³/mol. The summed E-state index contributed by atoms with van der Waals surface area (Å²) in [5, 5.41) is 15.2. The van der Waals surface area contributed by atoms with Gasteiger partial charge in [-0.1, -0.05) is 0 Å².